The van der Waals surface area contributed by atoms with E-state index in [0.29, 0.717) is 0 Å². The Morgan fingerprint density at radius 2 is 2.00 bits per heavy atom. The average Bonchev–Trinajstić information content (AvgIpc) is 2.67. The first-order valence-corrected chi connectivity index (χ1v) is 7.27. The lowest BCUT2D eigenvalue weighted by molar-refractivity contribution is 0.0593. The Labute approximate surface area is 113 Å². The molecule has 1 aromatic heterocycles. The van der Waals surface area contributed by atoms with Gasteiger partial charge in [0.05, 0.1) is 23.9 Å². The number of hydrogen-bond donors (Lipinski definition) is 0. The number of halogens is 2. The molecule has 0 unspecified atom stereocenters. The number of aromatic nitrogens is 1. The highest BCUT2D eigenvalue weighted by atomic mass is 35.5. The standard InChI is InChI=1S/C11H9ClFNO4S/c1-18-11(15)10-4-6-3-8(13)7(12)5-9(6)14(10)19(2,16)17/h3-5H,1-2H3. The zero-order chi connectivity index (χ0) is 14.4. The molecule has 1 heterocycles. The van der Waals surface area contributed by atoms with E-state index in [2.05, 4.69) is 4.74 Å². The predicted molar refractivity (Wildman–Crippen MR) is 68.5 cm³/mol. The molecule has 2 aromatic rings. The molecular formula is C11H9ClFNO4S. The number of methoxy groups -OCH3 is 1. The van der Waals surface area contributed by atoms with Crippen LogP contribution in [0.5, 0.6) is 0 Å². The van der Waals surface area contributed by atoms with Crippen LogP contribution in [-0.2, 0) is 14.8 Å². The van der Waals surface area contributed by atoms with E-state index < -0.39 is 21.8 Å². The van der Waals surface area contributed by atoms with Crippen LogP contribution < -0.4 is 0 Å². The molecule has 0 saturated heterocycles. The van der Waals surface area contributed by atoms with E-state index in [1.165, 1.54) is 6.07 Å². The molecule has 0 fully saturated rings. The molecule has 0 atom stereocenters. The van der Waals surface area contributed by atoms with Crippen molar-refractivity contribution in [3.05, 3.63) is 34.7 Å². The summed E-state index contributed by atoms with van der Waals surface area (Å²) in [5.41, 5.74) is -0.0871. The van der Waals surface area contributed by atoms with E-state index in [9.17, 15) is 17.6 Å². The summed E-state index contributed by atoms with van der Waals surface area (Å²) in [4.78, 5) is 11.6. The van der Waals surface area contributed by atoms with E-state index in [4.69, 9.17) is 11.6 Å². The first kappa shape index (κ1) is 13.8. The number of esters is 1. The summed E-state index contributed by atoms with van der Waals surface area (Å²) < 4.78 is 42.2. The van der Waals surface area contributed by atoms with Crippen LogP contribution >= 0.6 is 11.6 Å². The fourth-order valence-electron chi connectivity index (χ4n) is 1.78. The van der Waals surface area contributed by atoms with Gasteiger partial charge < -0.3 is 4.74 Å². The predicted octanol–water partition coefficient (Wildman–Crippen LogP) is 2.03. The van der Waals surface area contributed by atoms with E-state index in [0.717, 1.165) is 29.5 Å². The van der Waals surface area contributed by atoms with Gasteiger partial charge >= 0.3 is 5.97 Å². The Hall–Kier alpha value is -1.60. The third-order valence-corrected chi connectivity index (χ3v) is 3.87. The Kier molecular flexibility index (Phi) is 3.27. The Balaban J connectivity index is 2.94. The lowest BCUT2D eigenvalue weighted by Crippen LogP contribution is -2.17. The van der Waals surface area contributed by atoms with Crippen molar-refractivity contribution in [2.75, 3.05) is 13.4 Å². The lowest BCUT2D eigenvalue weighted by Gasteiger charge is -2.06. The van der Waals surface area contributed by atoms with Crippen LogP contribution in [0.3, 0.4) is 0 Å². The minimum Gasteiger partial charge on any atom is -0.464 e. The molecule has 0 spiro atoms. The number of ether oxygens (including phenoxy) is 1. The molecule has 8 heteroatoms. The van der Waals surface area contributed by atoms with Crippen molar-refractivity contribution in [1.82, 2.24) is 3.97 Å². The summed E-state index contributed by atoms with van der Waals surface area (Å²) in [6, 6.07) is 3.45. The second-order valence-corrected chi connectivity index (χ2v) is 6.11. The van der Waals surface area contributed by atoms with Crippen LogP contribution in [0.4, 0.5) is 4.39 Å². The molecule has 0 amide bonds. The van der Waals surface area contributed by atoms with E-state index >= 15 is 0 Å². The quantitative estimate of drug-likeness (QED) is 0.796. The first-order valence-electron chi connectivity index (χ1n) is 5.05. The molecule has 0 aliphatic rings. The van der Waals surface area contributed by atoms with Gasteiger partial charge in [0.1, 0.15) is 11.5 Å². The first-order chi connectivity index (χ1) is 8.75. The van der Waals surface area contributed by atoms with Gasteiger partial charge in [-0.2, -0.15) is 0 Å². The molecular weight excluding hydrogens is 297 g/mol. The summed E-state index contributed by atoms with van der Waals surface area (Å²) in [5, 5.41) is 0.0136. The van der Waals surface area contributed by atoms with Gasteiger partial charge in [0.15, 0.2) is 0 Å². The lowest BCUT2D eigenvalue weighted by atomic mass is 10.2. The number of carbonyl (C=O) groups excluding carboxylic acids is 1. The second kappa shape index (κ2) is 4.50. The number of nitrogens with zero attached hydrogens (tertiary/aromatic N) is 1. The molecule has 0 saturated carbocycles. The fourth-order valence-corrected chi connectivity index (χ4v) is 2.94. The molecule has 1 aromatic carbocycles. The third kappa shape index (κ3) is 2.31. The number of benzene rings is 1. The SMILES string of the molecule is COC(=O)c1cc2cc(F)c(Cl)cc2n1S(C)(=O)=O. The average molecular weight is 306 g/mol. The van der Waals surface area contributed by atoms with Crippen molar-refractivity contribution in [3.63, 3.8) is 0 Å². The number of fused-ring (bicyclic) bond motifs is 1. The van der Waals surface area contributed by atoms with Crippen LogP contribution in [0.1, 0.15) is 10.5 Å². The van der Waals surface area contributed by atoms with Gasteiger partial charge in [-0.3, -0.25) is 0 Å². The Bertz CT molecular complexity index is 782. The van der Waals surface area contributed by atoms with Crippen LogP contribution in [-0.4, -0.2) is 31.7 Å². The zero-order valence-electron chi connectivity index (χ0n) is 9.98. The smallest absolute Gasteiger partial charge is 0.355 e. The second-order valence-electron chi connectivity index (χ2n) is 3.87. The van der Waals surface area contributed by atoms with Crippen LogP contribution in [0.25, 0.3) is 10.9 Å². The van der Waals surface area contributed by atoms with Gasteiger partial charge in [0.2, 0.25) is 10.0 Å². The minimum atomic E-state index is -3.77. The largest absolute Gasteiger partial charge is 0.464 e. The van der Waals surface area contributed by atoms with Crippen LogP contribution in [0.2, 0.25) is 5.02 Å². The van der Waals surface area contributed by atoms with Gasteiger partial charge in [0, 0.05) is 5.39 Å². The zero-order valence-corrected chi connectivity index (χ0v) is 11.5. The van der Waals surface area contributed by atoms with Crippen LogP contribution in [0, 0.1) is 5.82 Å². The molecule has 2 rings (SSSR count). The van der Waals surface area contributed by atoms with Crippen molar-refractivity contribution in [2.24, 2.45) is 0 Å². The van der Waals surface area contributed by atoms with Gasteiger partial charge in [-0.15, -0.1) is 0 Å². The highest BCUT2D eigenvalue weighted by Crippen LogP contribution is 2.27. The van der Waals surface area contributed by atoms with Crippen LogP contribution in [0.15, 0.2) is 18.2 Å². The topological polar surface area (TPSA) is 65.4 Å². The maximum absolute atomic E-state index is 13.4. The van der Waals surface area contributed by atoms with Gasteiger partial charge in [-0.25, -0.2) is 21.6 Å². The normalized spacial score (nSPS) is 11.8. The molecule has 0 aliphatic carbocycles. The Morgan fingerprint density at radius 3 is 2.53 bits per heavy atom. The van der Waals surface area contributed by atoms with Gasteiger partial charge in [-0.1, -0.05) is 11.6 Å². The van der Waals surface area contributed by atoms with E-state index in [-0.39, 0.29) is 21.6 Å². The van der Waals surface area contributed by atoms with Crippen molar-refractivity contribution in [1.29, 1.82) is 0 Å². The number of rotatable bonds is 2. The number of hydrogen-bond acceptors (Lipinski definition) is 4. The number of carbonyl (C=O) groups is 1. The minimum absolute atomic E-state index is 0.120. The summed E-state index contributed by atoms with van der Waals surface area (Å²) in [5.74, 6) is -1.53. The molecule has 0 radical (unpaired) electrons. The van der Waals surface area contributed by atoms with Crippen molar-refractivity contribution < 1.29 is 22.3 Å². The van der Waals surface area contributed by atoms with Crippen molar-refractivity contribution >= 4 is 38.5 Å². The monoisotopic (exact) mass is 305 g/mol. The summed E-state index contributed by atoms with van der Waals surface area (Å²) >= 11 is 5.63. The highest BCUT2D eigenvalue weighted by molar-refractivity contribution is 7.89. The van der Waals surface area contributed by atoms with Crippen molar-refractivity contribution in [2.45, 2.75) is 0 Å². The molecule has 5 nitrogen and oxygen atoms in total. The maximum Gasteiger partial charge on any atom is 0.355 e. The molecule has 0 N–H and O–H groups in total. The molecule has 0 aliphatic heterocycles. The highest BCUT2D eigenvalue weighted by Gasteiger charge is 2.23. The fraction of sp³-hybridized carbons (Fsp3) is 0.182. The van der Waals surface area contributed by atoms with E-state index in [1.807, 2.05) is 0 Å². The molecule has 0 bridgehead atoms. The Morgan fingerprint density at radius 1 is 1.37 bits per heavy atom. The van der Waals surface area contributed by atoms with E-state index in [1.54, 1.807) is 0 Å². The summed E-state index contributed by atoms with van der Waals surface area (Å²) in [6.07, 6.45) is 0.927. The van der Waals surface area contributed by atoms with Gasteiger partial charge in [0.25, 0.3) is 0 Å². The summed E-state index contributed by atoms with van der Waals surface area (Å²) in [7, 11) is -2.64. The molecule has 102 valence electrons. The third-order valence-electron chi connectivity index (χ3n) is 2.53. The van der Waals surface area contributed by atoms with Gasteiger partial charge in [-0.05, 0) is 18.2 Å². The van der Waals surface area contributed by atoms with Crippen molar-refractivity contribution in [3.8, 4) is 0 Å². The molecule has 19 heavy (non-hydrogen) atoms. The summed E-state index contributed by atoms with van der Waals surface area (Å²) in [6.45, 7) is 0. The maximum atomic E-state index is 13.4.